The Balaban J connectivity index is 2.44. The molecule has 7 heteroatoms. The van der Waals surface area contributed by atoms with E-state index in [2.05, 4.69) is 15.1 Å². The maximum Gasteiger partial charge on any atom is 0.224 e. The molecule has 0 spiro atoms. The Bertz CT molecular complexity index is 759. The average Bonchev–Trinajstić information content (AvgIpc) is 2.47. The minimum atomic E-state index is -0.532. The molecule has 1 aromatic heterocycles. The Labute approximate surface area is 112 Å². The molecule has 100 valence electrons. The van der Waals surface area contributed by atoms with Gasteiger partial charge in [-0.3, -0.25) is 4.79 Å². The summed E-state index contributed by atoms with van der Waals surface area (Å²) in [6.45, 7) is 0. The number of carbonyl (C=O) groups is 1. The van der Waals surface area contributed by atoms with Gasteiger partial charge >= 0.3 is 0 Å². The van der Waals surface area contributed by atoms with Crippen LogP contribution in [0.5, 0.6) is 5.88 Å². The summed E-state index contributed by atoms with van der Waals surface area (Å²) in [6.07, 6.45) is 1.18. The fourth-order valence-corrected chi connectivity index (χ4v) is 2.20. The van der Waals surface area contributed by atoms with Crippen molar-refractivity contribution in [3.8, 4) is 17.0 Å². The number of fused-ring (bicyclic) bond motifs is 3. The van der Waals surface area contributed by atoms with Crippen LogP contribution in [0.15, 0.2) is 29.7 Å². The van der Waals surface area contributed by atoms with Crippen LogP contribution < -0.4 is 4.74 Å². The number of benzene rings is 1. The van der Waals surface area contributed by atoms with Crippen molar-refractivity contribution in [2.24, 2.45) is 5.16 Å². The molecule has 0 saturated carbocycles. The molecule has 0 saturated heterocycles. The highest BCUT2D eigenvalue weighted by Gasteiger charge is 2.33. The SMILES string of the molecule is COc1ncnc2c1-c1cc(F)ccc1C(=O)C2=NO. The van der Waals surface area contributed by atoms with Gasteiger partial charge in [-0.15, -0.1) is 0 Å². The number of rotatable bonds is 1. The summed E-state index contributed by atoms with van der Waals surface area (Å²) < 4.78 is 18.6. The summed E-state index contributed by atoms with van der Waals surface area (Å²) >= 11 is 0. The topological polar surface area (TPSA) is 84.7 Å². The maximum atomic E-state index is 13.5. The largest absolute Gasteiger partial charge is 0.480 e. The molecule has 1 aliphatic rings. The van der Waals surface area contributed by atoms with Gasteiger partial charge in [0, 0.05) is 11.1 Å². The molecule has 0 fully saturated rings. The number of Topliss-reactive ketones (excluding diaryl/α,β-unsaturated/α-hetero) is 1. The lowest BCUT2D eigenvalue weighted by atomic mass is 9.86. The normalized spacial score (nSPS) is 14.9. The van der Waals surface area contributed by atoms with Crippen molar-refractivity contribution in [1.29, 1.82) is 0 Å². The molecule has 3 rings (SSSR count). The van der Waals surface area contributed by atoms with Crippen LogP contribution in [0.2, 0.25) is 0 Å². The van der Waals surface area contributed by atoms with Crippen LogP contribution in [0, 0.1) is 5.82 Å². The lowest BCUT2D eigenvalue weighted by Crippen LogP contribution is -2.24. The number of aromatic nitrogens is 2. The standard InChI is InChI=1S/C13H8FN3O3/c1-20-13-9-8-4-6(14)2-3-7(8)12(18)11(17-19)10(9)15-5-16-13/h2-5,19H,1H3. The molecule has 1 heterocycles. The van der Waals surface area contributed by atoms with E-state index in [0.717, 1.165) is 6.07 Å². The maximum absolute atomic E-state index is 13.5. The molecule has 0 atom stereocenters. The number of hydrogen-bond donors (Lipinski definition) is 1. The molecule has 2 aromatic rings. The average molecular weight is 273 g/mol. The van der Waals surface area contributed by atoms with Crippen molar-refractivity contribution in [2.75, 3.05) is 7.11 Å². The Morgan fingerprint density at radius 1 is 1.30 bits per heavy atom. The third kappa shape index (κ3) is 1.56. The van der Waals surface area contributed by atoms with E-state index in [9.17, 15) is 9.18 Å². The molecule has 1 N–H and O–H groups in total. The summed E-state index contributed by atoms with van der Waals surface area (Å²) in [4.78, 5) is 20.1. The number of methoxy groups -OCH3 is 1. The van der Waals surface area contributed by atoms with Crippen LogP contribution in [0.25, 0.3) is 11.1 Å². The first-order valence-corrected chi connectivity index (χ1v) is 5.63. The van der Waals surface area contributed by atoms with Crippen LogP contribution in [0.4, 0.5) is 4.39 Å². The predicted octanol–water partition coefficient (Wildman–Crippen LogP) is 1.67. The van der Waals surface area contributed by atoms with Crippen molar-refractivity contribution < 1.29 is 19.1 Å². The lowest BCUT2D eigenvalue weighted by molar-refractivity contribution is 0.106. The fraction of sp³-hybridized carbons (Fsp3) is 0.0769. The summed E-state index contributed by atoms with van der Waals surface area (Å²) in [6, 6.07) is 3.69. The monoisotopic (exact) mass is 273 g/mol. The molecule has 6 nitrogen and oxygen atoms in total. The highest BCUT2D eigenvalue weighted by Crippen LogP contribution is 2.38. The summed E-state index contributed by atoms with van der Waals surface area (Å²) in [5, 5.41) is 12.0. The van der Waals surface area contributed by atoms with Crippen LogP contribution in [-0.2, 0) is 0 Å². The van der Waals surface area contributed by atoms with Crippen molar-refractivity contribution >= 4 is 11.5 Å². The van der Waals surface area contributed by atoms with E-state index < -0.39 is 11.6 Å². The third-order valence-corrected chi connectivity index (χ3v) is 3.04. The Morgan fingerprint density at radius 3 is 2.80 bits per heavy atom. The summed E-state index contributed by atoms with van der Waals surface area (Å²) in [5.41, 5.74) is 0.744. The molecule has 0 unspecified atom stereocenters. The molecular weight excluding hydrogens is 265 g/mol. The van der Waals surface area contributed by atoms with Gasteiger partial charge in [-0.1, -0.05) is 5.16 Å². The van der Waals surface area contributed by atoms with Crippen LogP contribution in [0.3, 0.4) is 0 Å². The van der Waals surface area contributed by atoms with E-state index in [0.29, 0.717) is 11.1 Å². The Morgan fingerprint density at radius 2 is 2.10 bits per heavy atom. The number of ketones is 1. The van der Waals surface area contributed by atoms with E-state index in [-0.39, 0.29) is 22.8 Å². The highest BCUT2D eigenvalue weighted by molar-refractivity contribution is 6.54. The van der Waals surface area contributed by atoms with Gasteiger partial charge in [0.15, 0.2) is 5.71 Å². The van der Waals surface area contributed by atoms with E-state index in [4.69, 9.17) is 9.94 Å². The minimum Gasteiger partial charge on any atom is -0.480 e. The van der Waals surface area contributed by atoms with Crippen molar-refractivity contribution in [3.05, 3.63) is 41.6 Å². The number of ether oxygens (including phenoxy) is 1. The van der Waals surface area contributed by atoms with Crippen LogP contribution in [0.1, 0.15) is 16.1 Å². The Hall–Kier alpha value is -2.83. The van der Waals surface area contributed by atoms with Gasteiger partial charge in [-0.05, 0) is 18.2 Å². The number of nitrogens with zero attached hydrogens (tertiary/aromatic N) is 3. The molecule has 0 amide bonds. The quantitative estimate of drug-likeness (QED) is 0.631. The summed E-state index contributed by atoms with van der Waals surface area (Å²) in [5.74, 6) is -0.857. The van der Waals surface area contributed by atoms with E-state index in [1.807, 2.05) is 0 Å². The van der Waals surface area contributed by atoms with Gasteiger partial charge < -0.3 is 9.94 Å². The third-order valence-electron chi connectivity index (χ3n) is 3.04. The lowest BCUT2D eigenvalue weighted by Gasteiger charge is -2.19. The number of halogens is 1. The van der Waals surface area contributed by atoms with E-state index in [1.165, 1.54) is 25.6 Å². The minimum absolute atomic E-state index is 0.113. The van der Waals surface area contributed by atoms with Gasteiger partial charge in [0.1, 0.15) is 17.8 Å². The van der Waals surface area contributed by atoms with Crippen molar-refractivity contribution in [1.82, 2.24) is 9.97 Å². The number of carbonyl (C=O) groups excluding carboxylic acids is 1. The molecule has 1 aromatic carbocycles. The number of oxime groups is 1. The zero-order chi connectivity index (χ0) is 14.3. The predicted molar refractivity (Wildman–Crippen MR) is 66.6 cm³/mol. The second kappa shape index (κ2) is 4.37. The first kappa shape index (κ1) is 12.2. The van der Waals surface area contributed by atoms with E-state index in [1.54, 1.807) is 0 Å². The Kier molecular flexibility index (Phi) is 2.67. The zero-order valence-corrected chi connectivity index (χ0v) is 10.3. The fourth-order valence-electron chi connectivity index (χ4n) is 2.20. The van der Waals surface area contributed by atoms with Crippen molar-refractivity contribution in [3.63, 3.8) is 0 Å². The second-order valence-electron chi connectivity index (χ2n) is 4.07. The smallest absolute Gasteiger partial charge is 0.224 e. The van der Waals surface area contributed by atoms with Gasteiger partial charge in [-0.2, -0.15) is 0 Å². The van der Waals surface area contributed by atoms with Crippen LogP contribution in [-0.4, -0.2) is 33.8 Å². The first-order valence-electron chi connectivity index (χ1n) is 5.63. The second-order valence-corrected chi connectivity index (χ2v) is 4.07. The molecule has 0 aliphatic heterocycles. The number of hydrogen-bond acceptors (Lipinski definition) is 6. The molecule has 1 aliphatic carbocycles. The van der Waals surface area contributed by atoms with Gasteiger partial charge in [-0.25, -0.2) is 14.4 Å². The summed E-state index contributed by atoms with van der Waals surface area (Å²) in [7, 11) is 1.40. The molecular formula is C13H8FN3O3. The molecule has 0 radical (unpaired) electrons. The van der Waals surface area contributed by atoms with Gasteiger partial charge in [0.25, 0.3) is 0 Å². The van der Waals surface area contributed by atoms with Crippen molar-refractivity contribution in [2.45, 2.75) is 0 Å². The van der Waals surface area contributed by atoms with E-state index >= 15 is 0 Å². The molecule has 0 bridgehead atoms. The highest BCUT2D eigenvalue weighted by atomic mass is 19.1. The van der Waals surface area contributed by atoms with Gasteiger partial charge in [0.2, 0.25) is 11.7 Å². The van der Waals surface area contributed by atoms with Gasteiger partial charge in [0.05, 0.1) is 12.7 Å². The zero-order valence-electron chi connectivity index (χ0n) is 10.3. The van der Waals surface area contributed by atoms with Crippen LogP contribution >= 0.6 is 0 Å². The molecule has 20 heavy (non-hydrogen) atoms. The first-order chi connectivity index (χ1) is 9.67.